The third kappa shape index (κ3) is 3.90. The average molecular weight is 281 g/mol. The standard InChI is InChI=1S/C18H23N3/c1-20-11-2-12-21(14-13-20)15-16-3-5-17(6-4-16)18-7-9-19-10-8-18/h3-10H,2,11-15H2,1H3. The van der Waals surface area contributed by atoms with Gasteiger partial charge in [-0.25, -0.2) is 0 Å². The van der Waals surface area contributed by atoms with E-state index in [0.717, 1.165) is 6.54 Å². The van der Waals surface area contributed by atoms with Crippen LogP contribution in [-0.4, -0.2) is 48.0 Å². The normalized spacial score (nSPS) is 17.6. The zero-order valence-electron chi connectivity index (χ0n) is 12.7. The van der Waals surface area contributed by atoms with Crippen LogP contribution < -0.4 is 0 Å². The summed E-state index contributed by atoms with van der Waals surface area (Å²) in [4.78, 5) is 9.05. The topological polar surface area (TPSA) is 19.4 Å². The molecule has 0 unspecified atom stereocenters. The largest absolute Gasteiger partial charge is 0.305 e. The minimum atomic E-state index is 1.06. The maximum absolute atomic E-state index is 4.07. The molecule has 1 aromatic carbocycles. The molecule has 0 radical (unpaired) electrons. The van der Waals surface area contributed by atoms with Crippen molar-refractivity contribution in [2.24, 2.45) is 0 Å². The van der Waals surface area contributed by atoms with E-state index < -0.39 is 0 Å². The Labute approximate surface area is 127 Å². The number of hydrogen-bond acceptors (Lipinski definition) is 3. The van der Waals surface area contributed by atoms with Gasteiger partial charge in [0.05, 0.1) is 0 Å². The summed E-state index contributed by atoms with van der Waals surface area (Å²) >= 11 is 0. The van der Waals surface area contributed by atoms with E-state index in [-0.39, 0.29) is 0 Å². The minimum Gasteiger partial charge on any atom is -0.305 e. The van der Waals surface area contributed by atoms with Crippen molar-refractivity contribution >= 4 is 0 Å². The van der Waals surface area contributed by atoms with Gasteiger partial charge in [0.25, 0.3) is 0 Å². The fourth-order valence-electron chi connectivity index (χ4n) is 2.86. The van der Waals surface area contributed by atoms with Gasteiger partial charge in [0, 0.05) is 32.0 Å². The molecule has 21 heavy (non-hydrogen) atoms. The molecule has 0 saturated carbocycles. The van der Waals surface area contributed by atoms with Crippen LogP contribution in [0.2, 0.25) is 0 Å². The van der Waals surface area contributed by atoms with Crippen LogP contribution in [-0.2, 0) is 6.54 Å². The molecule has 1 fully saturated rings. The van der Waals surface area contributed by atoms with Crippen LogP contribution in [0.25, 0.3) is 11.1 Å². The highest BCUT2D eigenvalue weighted by Gasteiger charge is 2.12. The van der Waals surface area contributed by atoms with E-state index in [1.54, 1.807) is 0 Å². The lowest BCUT2D eigenvalue weighted by molar-refractivity contribution is 0.269. The fraction of sp³-hybridized carbons (Fsp3) is 0.389. The predicted octanol–water partition coefficient (Wildman–Crippen LogP) is 2.89. The summed E-state index contributed by atoms with van der Waals surface area (Å²) in [6, 6.07) is 13.1. The molecule has 2 aromatic rings. The van der Waals surface area contributed by atoms with Crippen molar-refractivity contribution in [1.82, 2.24) is 14.8 Å². The second-order valence-electron chi connectivity index (χ2n) is 5.87. The van der Waals surface area contributed by atoms with E-state index in [9.17, 15) is 0 Å². The molecule has 3 heteroatoms. The van der Waals surface area contributed by atoms with Gasteiger partial charge in [0.2, 0.25) is 0 Å². The SMILES string of the molecule is CN1CCCN(Cc2ccc(-c3ccncc3)cc2)CC1. The van der Waals surface area contributed by atoms with Crippen LogP contribution >= 0.6 is 0 Å². The molecule has 0 spiro atoms. The molecule has 0 N–H and O–H groups in total. The molecule has 110 valence electrons. The number of pyridine rings is 1. The summed E-state index contributed by atoms with van der Waals surface area (Å²) in [5.41, 5.74) is 3.89. The number of likely N-dealkylation sites (N-methyl/N-ethyl adjacent to an activating group) is 1. The fourth-order valence-corrected chi connectivity index (χ4v) is 2.86. The average Bonchev–Trinajstić information content (AvgIpc) is 2.74. The van der Waals surface area contributed by atoms with Crippen LogP contribution in [0.1, 0.15) is 12.0 Å². The Hall–Kier alpha value is -1.71. The third-order valence-corrected chi connectivity index (χ3v) is 4.19. The highest BCUT2D eigenvalue weighted by atomic mass is 15.2. The molecule has 0 bridgehead atoms. The van der Waals surface area contributed by atoms with Crippen LogP contribution in [0.3, 0.4) is 0 Å². The highest BCUT2D eigenvalue weighted by molar-refractivity contribution is 5.62. The molecule has 1 saturated heterocycles. The second-order valence-corrected chi connectivity index (χ2v) is 5.87. The number of aromatic nitrogens is 1. The highest BCUT2D eigenvalue weighted by Crippen LogP contribution is 2.19. The first-order chi connectivity index (χ1) is 10.3. The van der Waals surface area contributed by atoms with Crippen molar-refractivity contribution in [3.8, 4) is 11.1 Å². The van der Waals surface area contributed by atoms with E-state index in [0.29, 0.717) is 0 Å². The molecule has 0 atom stereocenters. The first-order valence-corrected chi connectivity index (χ1v) is 7.71. The molecule has 2 heterocycles. The monoisotopic (exact) mass is 281 g/mol. The Morgan fingerprint density at radius 2 is 1.57 bits per heavy atom. The van der Waals surface area contributed by atoms with E-state index in [2.05, 4.69) is 58.2 Å². The smallest absolute Gasteiger partial charge is 0.0273 e. The Morgan fingerprint density at radius 1 is 0.857 bits per heavy atom. The van der Waals surface area contributed by atoms with Crippen molar-refractivity contribution in [3.05, 3.63) is 54.4 Å². The van der Waals surface area contributed by atoms with Crippen LogP contribution in [0.15, 0.2) is 48.8 Å². The lowest BCUT2D eigenvalue weighted by atomic mass is 10.1. The molecule has 1 aliphatic rings. The molecule has 1 aromatic heterocycles. The first-order valence-electron chi connectivity index (χ1n) is 7.71. The quantitative estimate of drug-likeness (QED) is 0.862. The Kier molecular flexibility index (Phi) is 4.63. The van der Waals surface area contributed by atoms with Gasteiger partial charge in [0.1, 0.15) is 0 Å². The van der Waals surface area contributed by atoms with E-state index in [4.69, 9.17) is 0 Å². The van der Waals surface area contributed by atoms with Gasteiger partial charge in [-0.2, -0.15) is 0 Å². The maximum Gasteiger partial charge on any atom is 0.0273 e. The van der Waals surface area contributed by atoms with Crippen molar-refractivity contribution < 1.29 is 0 Å². The molecule has 1 aliphatic heterocycles. The Morgan fingerprint density at radius 3 is 2.33 bits per heavy atom. The second kappa shape index (κ2) is 6.83. The summed E-state index contributed by atoms with van der Waals surface area (Å²) in [6.45, 7) is 5.83. The van der Waals surface area contributed by atoms with Gasteiger partial charge in [-0.1, -0.05) is 24.3 Å². The zero-order valence-corrected chi connectivity index (χ0v) is 12.7. The van der Waals surface area contributed by atoms with Crippen molar-refractivity contribution in [2.45, 2.75) is 13.0 Å². The van der Waals surface area contributed by atoms with Crippen molar-refractivity contribution in [2.75, 3.05) is 33.2 Å². The number of hydrogen-bond donors (Lipinski definition) is 0. The maximum atomic E-state index is 4.07. The number of rotatable bonds is 3. The molecule has 0 aliphatic carbocycles. The number of nitrogens with zero attached hydrogens (tertiary/aromatic N) is 3. The lowest BCUT2D eigenvalue weighted by Gasteiger charge is -2.20. The summed E-state index contributed by atoms with van der Waals surface area (Å²) < 4.78 is 0. The molecule has 3 rings (SSSR count). The van der Waals surface area contributed by atoms with Gasteiger partial charge in [-0.3, -0.25) is 9.88 Å². The van der Waals surface area contributed by atoms with Gasteiger partial charge >= 0.3 is 0 Å². The summed E-state index contributed by atoms with van der Waals surface area (Å²) in [5.74, 6) is 0. The Balaban J connectivity index is 1.64. The van der Waals surface area contributed by atoms with Gasteiger partial charge in [-0.15, -0.1) is 0 Å². The first kappa shape index (κ1) is 14.2. The minimum absolute atomic E-state index is 1.06. The summed E-state index contributed by atoms with van der Waals surface area (Å²) in [6.07, 6.45) is 4.96. The number of benzene rings is 1. The van der Waals surface area contributed by atoms with Gasteiger partial charge in [-0.05, 0) is 55.4 Å². The summed E-state index contributed by atoms with van der Waals surface area (Å²) in [7, 11) is 2.22. The Bertz CT molecular complexity index is 550. The van der Waals surface area contributed by atoms with Crippen molar-refractivity contribution in [1.29, 1.82) is 0 Å². The van der Waals surface area contributed by atoms with E-state index in [1.165, 1.54) is 49.3 Å². The zero-order chi connectivity index (χ0) is 14.5. The predicted molar refractivity (Wildman–Crippen MR) is 87.1 cm³/mol. The summed E-state index contributed by atoms with van der Waals surface area (Å²) in [5, 5.41) is 0. The van der Waals surface area contributed by atoms with E-state index in [1.807, 2.05) is 12.4 Å². The van der Waals surface area contributed by atoms with Crippen LogP contribution in [0.5, 0.6) is 0 Å². The van der Waals surface area contributed by atoms with Crippen LogP contribution in [0, 0.1) is 0 Å². The van der Waals surface area contributed by atoms with E-state index >= 15 is 0 Å². The van der Waals surface area contributed by atoms with Gasteiger partial charge in [0.15, 0.2) is 0 Å². The molecular weight excluding hydrogens is 258 g/mol. The van der Waals surface area contributed by atoms with Crippen LogP contribution in [0.4, 0.5) is 0 Å². The molecule has 0 amide bonds. The molecular formula is C18H23N3. The van der Waals surface area contributed by atoms with Crippen molar-refractivity contribution in [3.63, 3.8) is 0 Å². The van der Waals surface area contributed by atoms with Gasteiger partial charge < -0.3 is 4.90 Å². The molecule has 3 nitrogen and oxygen atoms in total. The lowest BCUT2D eigenvalue weighted by Crippen LogP contribution is -2.28. The third-order valence-electron chi connectivity index (χ3n) is 4.19.